The molecule has 4 rings (SSSR count). The van der Waals surface area contributed by atoms with Gasteiger partial charge in [0, 0.05) is 12.7 Å². The number of anilines is 1. The third-order valence-electron chi connectivity index (χ3n) is 3.98. The van der Waals surface area contributed by atoms with E-state index < -0.39 is 0 Å². The van der Waals surface area contributed by atoms with Gasteiger partial charge in [-0.25, -0.2) is 9.67 Å². The van der Waals surface area contributed by atoms with Gasteiger partial charge in [-0.05, 0) is 36.2 Å². The Morgan fingerprint density at radius 1 is 1.04 bits per heavy atom. The molecule has 25 heavy (non-hydrogen) atoms. The van der Waals surface area contributed by atoms with Crippen molar-refractivity contribution in [3.8, 4) is 5.69 Å². The Balaban J connectivity index is 1.43. The van der Waals surface area contributed by atoms with Crippen molar-refractivity contribution < 1.29 is 0 Å². The van der Waals surface area contributed by atoms with E-state index in [1.54, 1.807) is 6.07 Å². The summed E-state index contributed by atoms with van der Waals surface area (Å²) in [6.45, 7) is 0.655. The van der Waals surface area contributed by atoms with E-state index in [0.717, 1.165) is 17.7 Å². The molecule has 2 heterocycles. The van der Waals surface area contributed by atoms with Crippen LogP contribution in [0.25, 0.3) is 16.6 Å². The Labute approximate surface area is 144 Å². The van der Waals surface area contributed by atoms with Crippen molar-refractivity contribution >= 4 is 16.9 Å². The number of aromatic nitrogens is 4. The standard InChI is InChI=1S/C19H17N5O/c25-18-16-8-4-5-9-17(16)22-19(23-18)20-11-10-14-12-21-24(13-14)15-6-2-1-3-7-15/h1-9,12-13H,10-11H2,(H2,20,22,23,25). The van der Waals surface area contributed by atoms with Crippen molar-refractivity contribution in [1.82, 2.24) is 19.7 Å². The zero-order valence-corrected chi connectivity index (χ0v) is 13.5. The van der Waals surface area contributed by atoms with Crippen LogP contribution in [0.2, 0.25) is 0 Å². The van der Waals surface area contributed by atoms with Crippen molar-refractivity contribution in [1.29, 1.82) is 0 Å². The van der Waals surface area contributed by atoms with E-state index >= 15 is 0 Å². The summed E-state index contributed by atoms with van der Waals surface area (Å²) in [7, 11) is 0. The third kappa shape index (κ3) is 3.28. The van der Waals surface area contributed by atoms with Crippen LogP contribution in [0.3, 0.4) is 0 Å². The van der Waals surface area contributed by atoms with E-state index in [1.165, 1.54) is 0 Å². The van der Waals surface area contributed by atoms with Gasteiger partial charge in [0.1, 0.15) is 0 Å². The fourth-order valence-electron chi connectivity index (χ4n) is 2.71. The van der Waals surface area contributed by atoms with Crippen LogP contribution >= 0.6 is 0 Å². The van der Waals surface area contributed by atoms with E-state index in [4.69, 9.17) is 0 Å². The molecule has 6 heteroatoms. The number of H-pyrrole nitrogens is 1. The number of hydrogen-bond donors (Lipinski definition) is 2. The van der Waals surface area contributed by atoms with Gasteiger partial charge in [0.15, 0.2) is 0 Å². The number of nitrogens with zero attached hydrogens (tertiary/aromatic N) is 3. The Morgan fingerprint density at radius 2 is 1.84 bits per heavy atom. The summed E-state index contributed by atoms with van der Waals surface area (Å²) in [4.78, 5) is 19.2. The maximum atomic E-state index is 12.0. The minimum atomic E-state index is -0.134. The fourth-order valence-corrected chi connectivity index (χ4v) is 2.71. The van der Waals surface area contributed by atoms with Gasteiger partial charge in [-0.3, -0.25) is 9.78 Å². The second kappa shape index (κ2) is 6.60. The fraction of sp³-hybridized carbons (Fsp3) is 0.105. The van der Waals surface area contributed by atoms with Crippen LogP contribution in [0, 0.1) is 0 Å². The molecule has 0 saturated carbocycles. The third-order valence-corrected chi connectivity index (χ3v) is 3.98. The van der Waals surface area contributed by atoms with Crippen molar-refractivity contribution in [2.24, 2.45) is 0 Å². The van der Waals surface area contributed by atoms with Crippen molar-refractivity contribution in [3.05, 3.63) is 82.9 Å². The van der Waals surface area contributed by atoms with Crippen LogP contribution in [0.1, 0.15) is 5.56 Å². The van der Waals surface area contributed by atoms with Gasteiger partial charge in [-0.1, -0.05) is 30.3 Å². The highest BCUT2D eigenvalue weighted by molar-refractivity contribution is 5.78. The van der Waals surface area contributed by atoms with Crippen LogP contribution in [-0.2, 0) is 6.42 Å². The molecular formula is C19H17N5O. The lowest BCUT2D eigenvalue weighted by Gasteiger charge is -2.05. The van der Waals surface area contributed by atoms with Crippen LogP contribution in [0.4, 0.5) is 5.95 Å². The molecule has 0 amide bonds. The molecule has 0 aliphatic rings. The lowest BCUT2D eigenvalue weighted by atomic mass is 10.2. The van der Waals surface area contributed by atoms with Gasteiger partial charge in [0.25, 0.3) is 5.56 Å². The van der Waals surface area contributed by atoms with Gasteiger partial charge in [-0.15, -0.1) is 0 Å². The van der Waals surface area contributed by atoms with Crippen molar-refractivity contribution in [2.75, 3.05) is 11.9 Å². The highest BCUT2D eigenvalue weighted by Crippen LogP contribution is 2.10. The lowest BCUT2D eigenvalue weighted by Crippen LogP contribution is -2.14. The van der Waals surface area contributed by atoms with E-state index in [1.807, 2.05) is 65.6 Å². The Morgan fingerprint density at radius 3 is 2.72 bits per heavy atom. The first-order chi connectivity index (χ1) is 12.3. The first-order valence-electron chi connectivity index (χ1n) is 8.11. The van der Waals surface area contributed by atoms with E-state index in [2.05, 4.69) is 20.4 Å². The molecule has 0 spiro atoms. The van der Waals surface area contributed by atoms with E-state index in [-0.39, 0.29) is 5.56 Å². The van der Waals surface area contributed by atoms with Gasteiger partial charge >= 0.3 is 0 Å². The highest BCUT2D eigenvalue weighted by atomic mass is 16.1. The molecule has 2 N–H and O–H groups in total. The maximum absolute atomic E-state index is 12.0. The lowest BCUT2D eigenvalue weighted by molar-refractivity contribution is 0.879. The van der Waals surface area contributed by atoms with Crippen LogP contribution in [0.5, 0.6) is 0 Å². The summed E-state index contributed by atoms with van der Waals surface area (Å²) in [5.41, 5.74) is 2.69. The molecule has 6 nitrogen and oxygen atoms in total. The molecule has 0 fully saturated rings. The average molecular weight is 331 g/mol. The quantitative estimate of drug-likeness (QED) is 0.590. The molecule has 0 radical (unpaired) electrons. The summed E-state index contributed by atoms with van der Waals surface area (Å²) in [5, 5.41) is 8.15. The van der Waals surface area contributed by atoms with Crippen LogP contribution in [-0.4, -0.2) is 26.3 Å². The first kappa shape index (κ1) is 15.1. The number of para-hydroxylation sites is 2. The molecule has 2 aromatic heterocycles. The molecule has 124 valence electrons. The SMILES string of the molecule is O=c1[nH]c(NCCc2cnn(-c3ccccc3)c2)nc2ccccc12. The topological polar surface area (TPSA) is 75.6 Å². The highest BCUT2D eigenvalue weighted by Gasteiger charge is 2.04. The number of hydrogen-bond acceptors (Lipinski definition) is 4. The second-order valence-corrected chi connectivity index (χ2v) is 5.74. The second-order valence-electron chi connectivity index (χ2n) is 5.74. The van der Waals surface area contributed by atoms with Crippen LogP contribution in [0.15, 0.2) is 71.8 Å². The summed E-state index contributed by atoms with van der Waals surface area (Å²) in [5.74, 6) is 0.485. The Bertz CT molecular complexity index is 1050. The molecule has 0 bridgehead atoms. The number of aromatic amines is 1. The molecule has 0 aliphatic heterocycles. The smallest absolute Gasteiger partial charge is 0.260 e. The summed E-state index contributed by atoms with van der Waals surface area (Å²) >= 11 is 0. The normalized spacial score (nSPS) is 10.9. The summed E-state index contributed by atoms with van der Waals surface area (Å²) < 4.78 is 1.85. The predicted molar refractivity (Wildman–Crippen MR) is 98.1 cm³/mol. The van der Waals surface area contributed by atoms with Crippen molar-refractivity contribution in [2.45, 2.75) is 6.42 Å². The number of fused-ring (bicyclic) bond motifs is 1. The molecule has 0 saturated heterocycles. The largest absolute Gasteiger partial charge is 0.355 e. The molecule has 2 aromatic carbocycles. The summed E-state index contributed by atoms with van der Waals surface area (Å²) in [6.07, 6.45) is 4.64. The number of rotatable bonds is 5. The van der Waals surface area contributed by atoms with Gasteiger partial charge < -0.3 is 5.32 Å². The minimum absolute atomic E-state index is 0.134. The van der Waals surface area contributed by atoms with Crippen molar-refractivity contribution in [3.63, 3.8) is 0 Å². The maximum Gasteiger partial charge on any atom is 0.260 e. The van der Waals surface area contributed by atoms with E-state index in [0.29, 0.717) is 23.4 Å². The number of benzene rings is 2. The monoisotopic (exact) mass is 331 g/mol. The van der Waals surface area contributed by atoms with Crippen LogP contribution < -0.4 is 10.9 Å². The van der Waals surface area contributed by atoms with Gasteiger partial charge in [0.05, 0.1) is 22.8 Å². The molecule has 0 unspecified atom stereocenters. The number of nitrogens with one attached hydrogen (secondary N) is 2. The minimum Gasteiger partial charge on any atom is -0.355 e. The zero-order chi connectivity index (χ0) is 17.1. The zero-order valence-electron chi connectivity index (χ0n) is 13.5. The molecule has 4 aromatic rings. The molecule has 0 atom stereocenters. The van der Waals surface area contributed by atoms with E-state index in [9.17, 15) is 4.79 Å². The average Bonchev–Trinajstić information content (AvgIpc) is 3.12. The molecular weight excluding hydrogens is 314 g/mol. The predicted octanol–water partition coefficient (Wildman–Crippen LogP) is 2.76. The first-order valence-corrected chi connectivity index (χ1v) is 8.11. The van der Waals surface area contributed by atoms with Gasteiger partial charge in [-0.2, -0.15) is 5.10 Å². The molecule has 0 aliphatic carbocycles. The van der Waals surface area contributed by atoms with Gasteiger partial charge in [0.2, 0.25) is 5.95 Å². The Kier molecular flexibility index (Phi) is 4.00. The summed E-state index contributed by atoms with van der Waals surface area (Å²) in [6, 6.07) is 17.3. The Hall–Kier alpha value is -3.41.